The molecule has 0 radical (unpaired) electrons. The van der Waals surface area contributed by atoms with E-state index in [4.69, 9.17) is 0 Å². The Morgan fingerprint density at radius 2 is 0.630 bits per heavy atom. The molecule has 0 atom stereocenters. The smallest absolute Gasteiger partial charge is 0.229 e. The van der Waals surface area contributed by atoms with Crippen molar-refractivity contribution >= 4 is 23.6 Å². The second-order valence-electron chi connectivity index (χ2n) is 7.24. The van der Waals surface area contributed by atoms with Gasteiger partial charge in [0.1, 0.15) is 12.8 Å². The van der Waals surface area contributed by atoms with Gasteiger partial charge in [-0.2, -0.15) is 0 Å². The van der Waals surface area contributed by atoms with Crippen molar-refractivity contribution in [2.75, 3.05) is 0 Å². The first-order chi connectivity index (χ1) is 11.8. The Morgan fingerprint density at radius 3 is 0.741 bits per heavy atom. The standard InChI is InChI=1S/2C9H18N2O2.Ti/c2*1-6(2)10-8(12)5-9(13)11-7(3)4;/h2*6-7H,5H2,1-4H3,(H,10,12)(H,11,13);. The fourth-order valence-corrected chi connectivity index (χ4v) is 1.78. The Kier molecular flexibility index (Phi) is 18.8. The molecular formula is C18H36N4O4Ti. The Balaban J connectivity index is -0.000000411. The van der Waals surface area contributed by atoms with E-state index >= 15 is 0 Å². The van der Waals surface area contributed by atoms with E-state index in [1.54, 1.807) is 0 Å². The molecule has 0 unspecified atom stereocenters. The van der Waals surface area contributed by atoms with Gasteiger partial charge in [0.25, 0.3) is 0 Å². The zero-order valence-electron chi connectivity index (χ0n) is 17.9. The summed E-state index contributed by atoms with van der Waals surface area (Å²) in [6.07, 6.45) is -0.174. The largest absolute Gasteiger partial charge is 0.353 e. The minimum Gasteiger partial charge on any atom is -0.353 e. The minimum absolute atomic E-state index is 0. The molecule has 0 aliphatic rings. The van der Waals surface area contributed by atoms with Crippen LogP contribution in [-0.2, 0) is 40.9 Å². The third kappa shape index (κ3) is 24.6. The van der Waals surface area contributed by atoms with E-state index in [0.29, 0.717) is 0 Å². The van der Waals surface area contributed by atoms with Crippen molar-refractivity contribution in [3.63, 3.8) is 0 Å². The van der Waals surface area contributed by atoms with Crippen molar-refractivity contribution < 1.29 is 40.9 Å². The van der Waals surface area contributed by atoms with Crippen LogP contribution in [0.3, 0.4) is 0 Å². The number of hydrogen-bond donors (Lipinski definition) is 4. The molecule has 0 saturated carbocycles. The molecule has 0 rings (SSSR count). The van der Waals surface area contributed by atoms with Crippen LogP contribution in [0.5, 0.6) is 0 Å². The SMILES string of the molecule is CC(C)NC(=O)CC(=O)NC(C)C.CC(C)NC(=O)CC(=O)NC(C)C.[Ti]. The molecular weight excluding hydrogens is 384 g/mol. The first-order valence-corrected chi connectivity index (χ1v) is 9.00. The van der Waals surface area contributed by atoms with Crippen molar-refractivity contribution in [2.45, 2.75) is 92.4 Å². The predicted molar refractivity (Wildman–Crippen MR) is 102 cm³/mol. The number of nitrogens with one attached hydrogen (secondary N) is 4. The van der Waals surface area contributed by atoms with Gasteiger partial charge in [-0.1, -0.05) is 0 Å². The monoisotopic (exact) mass is 420 g/mol. The molecule has 0 fully saturated rings. The summed E-state index contributed by atoms with van der Waals surface area (Å²) in [5, 5.41) is 10.6. The maximum absolute atomic E-state index is 11.1. The maximum Gasteiger partial charge on any atom is 0.229 e. The molecule has 0 aromatic carbocycles. The molecule has 0 bridgehead atoms. The van der Waals surface area contributed by atoms with E-state index in [1.807, 2.05) is 55.4 Å². The molecule has 27 heavy (non-hydrogen) atoms. The average molecular weight is 420 g/mol. The first-order valence-electron chi connectivity index (χ1n) is 9.00. The third-order valence-electron chi connectivity index (χ3n) is 2.44. The molecule has 0 aromatic heterocycles. The zero-order chi connectivity index (χ0) is 20.9. The van der Waals surface area contributed by atoms with E-state index in [2.05, 4.69) is 21.3 Å². The van der Waals surface area contributed by atoms with E-state index in [1.165, 1.54) is 0 Å². The van der Waals surface area contributed by atoms with Gasteiger partial charge >= 0.3 is 0 Å². The molecule has 4 amide bonds. The second kappa shape index (κ2) is 16.7. The summed E-state index contributed by atoms with van der Waals surface area (Å²) in [4.78, 5) is 44.3. The van der Waals surface area contributed by atoms with Crippen LogP contribution in [0.25, 0.3) is 0 Å². The Bertz CT molecular complexity index is 384. The van der Waals surface area contributed by atoms with Crippen LogP contribution in [0.1, 0.15) is 68.2 Å². The Hall–Kier alpha value is -1.41. The van der Waals surface area contributed by atoms with Gasteiger partial charge in [0.15, 0.2) is 0 Å². The predicted octanol–water partition coefficient (Wildman–Crippen LogP) is 0.849. The number of hydrogen-bond acceptors (Lipinski definition) is 4. The van der Waals surface area contributed by atoms with E-state index in [0.717, 1.165) is 0 Å². The molecule has 9 heteroatoms. The van der Waals surface area contributed by atoms with Gasteiger partial charge in [0, 0.05) is 45.9 Å². The molecule has 0 aromatic rings. The van der Waals surface area contributed by atoms with Crippen LogP contribution in [0, 0.1) is 0 Å². The van der Waals surface area contributed by atoms with Gasteiger partial charge in [0.05, 0.1) is 0 Å². The summed E-state index contributed by atoms with van der Waals surface area (Å²) in [6.45, 7) is 14.9. The van der Waals surface area contributed by atoms with Gasteiger partial charge < -0.3 is 21.3 Å². The maximum atomic E-state index is 11.1. The molecule has 0 aliphatic heterocycles. The minimum atomic E-state index is -0.229. The van der Waals surface area contributed by atoms with Crippen molar-refractivity contribution in [1.29, 1.82) is 0 Å². The van der Waals surface area contributed by atoms with Crippen LogP contribution < -0.4 is 21.3 Å². The summed E-state index contributed by atoms with van der Waals surface area (Å²) < 4.78 is 0. The Morgan fingerprint density at radius 1 is 0.481 bits per heavy atom. The van der Waals surface area contributed by atoms with Crippen LogP contribution >= 0.6 is 0 Å². The Labute approximate surface area is 178 Å². The number of carbonyl (C=O) groups excluding carboxylic acids is 4. The van der Waals surface area contributed by atoms with Crippen LogP contribution in [-0.4, -0.2) is 47.8 Å². The summed E-state index contributed by atoms with van der Waals surface area (Å²) in [5.74, 6) is -0.914. The van der Waals surface area contributed by atoms with Gasteiger partial charge in [0.2, 0.25) is 23.6 Å². The fraction of sp³-hybridized carbons (Fsp3) is 0.778. The van der Waals surface area contributed by atoms with Gasteiger partial charge in [-0.05, 0) is 55.4 Å². The molecule has 0 spiro atoms. The molecule has 8 nitrogen and oxygen atoms in total. The van der Waals surface area contributed by atoms with Crippen LogP contribution in [0.4, 0.5) is 0 Å². The van der Waals surface area contributed by atoms with E-state index < -0.39 is 0 Å². The first kappa shape index (κ1) is 30.3. The van der Waals surface area contributed by atoms with Crippen molar-refractivity contribution in [1.82, 2.24) is 21.3 Å². The van der Waals surface area contributed by atoms with Gasteiger partial charge in [-0.15, -0.1) is 0 Å². The quantitative estimate of drug-likeness (QED) is 0.344. The molecule has 0 heterocycles. The molecule has 156 valence electrons. The zero-order valence-corrected chi connectivity index (χ0v) is 19.4. The van der Waals surface area contributed by atoms with Gasteiger partial charge in [-0.25, -0.2) is 0 Å². The number of rotatable bonds is 8. The summed E-state index contributed by atoms with van der Waals surface area (Å²) in [7, 11) is 0. The van der Waals surface area contributed by atoms with Crippen LogP contribution in [0.15, 0.2) is 0 Å². The normalized spacial score (nSPS) is 9.93. The molecule has 4 N–H and O–H groups in total. The third-order valence-corrected chi connectivity index (χ3v) is 2.44. The van der Waals surface area contributed by atoms with Crippen LogP contribution in [0.2, 0.25) is 0 Å². The summed E-state index contributed by atoms with van der Waals surface area (Å²) >= 11 is 0. The van der Waals surface area contributed by atoms with Crippen molar-refractivity contribution in [2.24, 2.45) is 0 Å². The van der Waals surface area contributed by atoms with E-state index in [9.17, 15) is 19.2 Å². The van der Waals surface area contributed by atoms with Crippen molar-refractivity contribution in [3.8, 4) is 0 Å². The molecule has 0 aliphatic carbocycles. The topological polar surface area (TPSA) is 116 Å². The molecule has 0 saturated heterocycles. The van der Waals surface area contributed by atoms with Crippen molar-refractivity contribution in [3.05, 3.63) is 0 Å². The number of amides is 4. The summed E-state index contributed by atoms with van der Waals surface area (Å²) in [5.41, 5.74) is 0. The second-order valence-corrected chi connectivity index (χ2v) is 7.24. The number of carbonyl (C=O) groups is 4. The van der Waals surface area contributed by atoms with E-state index in [-0.39, 0.29) is 82.4 Å². The fourth-order valence-electron chi connectivity index (χ4n) is 1.78. The van der Waals surface area contributed by atoms with Gasteiger partial charge in [-0.3, -0.25) is 19.2 Å². The average Bonchev–Trinajstić information content (AvgIpc) is 2.33. The summed E-state index contributed by atoms with van der Waals surface area (Å²) in [6, 6.07) is 0.331.